The number of para-hydroxylation sites is 1. The number of thiocarbonyl (C=S) groups is 1. The normalized spacial score (nSPS) is 10.5. The molecule has 8 nitrogen and oxygen atoms in total. The molecular weight excluding hydrogens is 402 g/mol. The van der Waals surface area contributed by atoms with Gasteiger partial charge in [0, 0.05) is 11.3 Å². The number of nitrogens with one attached hydrogen (secondary N) is 2. The van der Waals surface area contributed by atoms with Crippen LogP contribution in [0.3, 0.4) is 0 Å². The van der Waals surface area contributed by atoms with E-state index in [9.17, 15) is 0 Å². The molecule has 0 radical (unpaired) electrons. The Balaban J connectivity index is 1.75. The van der Waals surface area contributed by atoms with Gasteiger partial charge in [0.1, 0.15) is 5.75 Å². The molecule has 0 saturated heterocycles. The van der Waals surface area contributed by atoms with Crippen molar-refractivity contribution in [2.75, 3.05) is 19.5 Å². The molecule has 0 bridgehead atoms. The highest BCUT2D eigenvalue weighted by molar-refractivity contribution is 7.80. The van der Waals surface area contributed by atoms with Crippen molar-refractivity contribution < 1.29 is 14.2 Å². The Morgan fingerprint density at radius 2 is 1.70 bits per heavy atom. The number of aryl methyl sites for hydroxylation is 1. The third-order valence-corrected chi connectivity index (χ3v) is 4.15. The van der Waals surface area contributed by atoms with E-state index in [1.165, 1.54) is 14.2 Å². The Morgan fingerprint density at radius 1 is 1.00 bits per heavy atom. The number of rotatable bonds is 7. The summed E-state index contributed by atoms with van der Waals surface area (Å²) in [5, 5.41) is 7.64. The van der Waals surface area contributed by atoms with E-state index in [0.29, 0.717) is 22.6 Å². The molecule has 1 aromatic heterocycles. The van der Waals surface area contributed by atoms with Crippen LogP contribution in [0.1, 0.15) is 11.1 Å². The number of ether oxygens (including phenoxy) is 3. The van der Waals surface area contributed by atoms with E-state index < -0.39 is 0 Å². The minimum atomic E-state index is 0.0978. The summed E-state index contributed by atoms with van der Waals surface area (Å²) >= 11 is 5.26. The maximum Gasteiger partial charge on any atom is 0.328 e. The molecule has 154 valence electrons. The number of hydrazone groups is 1. The van der Waals surface area contributed by atoms with Gasteiger partial charge >= 0.3 is 6.01 Å². The van der Waals surface area contributed by atoms with Crippen LogP contribution >= 0.6 is 12.2 Å². The summed E-state index contributed by atoms with van der Waals surface area (Å²) in [6.07, 6.45) is 1.63. The van der Waals surface area contributed by atoms with E-state index in [1.807, 2.05) is 49.4 Å². The zero-order valence-corrected chi connectivity index (χ0v) is 17.6. The van der Waals surface area contributed by atoms with Crippen molar-refractivity contribution in [3.63, 3.8) is 0 Å². The molecule has 0 unspecified atom stereocenters. The van der Waals surface area contributed by atoms with Crippen LogP contribution in [0.15, 0.2) is 59.7 Å². The second-order valence-corrected chi connectivity index (χ2v) is 6.42. The summed E-state index contributed by atoms with van der Waals surface area (Å²) in [5.74, 6) is 1.19. The number of methoxy groups -OCH3 is 2. The van der Waals surface area contributed by atoms with E-state index >= 15 is 0 Å². The topological polar surface area (TPSA) is 89.9 Å². The standard InChI is InChI=1S/C21H21N5O3S/c1-14-8-7-11-17(29-20-24-18(27-2)12-19(25-20)28-3)16(14)13-22-26-21(30)23-15-9-5-4-6-10-15/h4-13H,1-3H3,(H2,23,26,30)/b22-13+. The van der Waals surface area contributed by atoms with E-state index in [4.69, 9.17) is 26.4 Å². The van der Waals surface area contributed by atoms with Crippen molar-refractivity contribution in [3.05, 3.63) is 65.7 Å². The summed E-state index contributed by atoms with van der Waals surface area (Å²) in [4.78, 5) is 8.39. The average Bonchev–Trinajstić information content (AvgIpc) is 2.76. The molecule has 0 atom stereocenters. The van der Waals surface area contributed by atoms with Crippen molar-refractivity contribution in [3.8, 4) is 23.5 Å². The molecule has 0 fully saturated rings. The molecule has 9 heteroatoms. The summed E-state index contributed by atoms with van der Waals surface area (Å²) in [5.41, 5.74) is 5.37. The Hall–Kier alpha value is -3.72. The van der Waals surface area contributed by atoms with E-state index in [2.05, 4.69) is 25.8 Å². The zero-order chi connectivity index (χ0) is 21.3. The summed E-state index contributed by atoms with van der Waals surface area (Å²) in [6, 6.07) is 16.9. The molecule has 0 amide bonds. The Bertz CT molecular complexity index is 1020. The maximum atomic E-state index is 5.88. The number of hydrogen-bond acceptors (Lipinski definition) is 7. The van der Waals surface area contributed by atoms with Crippen molar-refractivity contribution in [2.45, 2.75) is 6.92 Å². The molecule has 0 aliphatic heterocycles. The Morgan fingerprint density at radius 3 is 2.37 bits per heavy atom. The van der Waals surface area contributed by atoms with Gasteiger partial charge in [0.2, 0.25) is 11.8 Å². The fourth-order valence-corrected chi connectivity index (χ4v) is 2.65. The van der Waals surface area contributed by atoms with Gasteiger partial charge in [-0.15, -0.1) is 0 Å². The first-order chi connectivity index (χ1) is 14.6. The quantitative estimate of drug-likeness (QED) is 0.336. The molecule has 2 aromatic carbocycles. The van der Waals surface area contributed by atoms with Crippen LogP contribution in [0.5, 0.6) is 23.5 Å². The number of aromatic nitrogens is 2. The SMILES string of the molecule is COc1cc(OC)nc(Oc2cccc(C)c2/C=N/NC(=S)Nc2ccccc2)n1. The molecule has 1 heterocycles. The highest BCUT2D eigenvalue weighted by Gasteiger charge is 2.11. The van der Waals surface area contributed by atoms with Gasteiger partial charge in [-0.3, -0.25) is 5.43 Å². The molecule has 2 N–H and O–H groups in total. The van der Waals surface area contributed by atoms with Gasteiger partial charge in [-0.25, -0.2) is 0 Å². The van der Waals surface area contributed by atoms with Gasteiger partial charge in [-0.1, -0.05) is 30.3 Å². The van der Waals surface area contributed by atoms with Crippen LogP contribution in [0, 0.1) is 6.92 Å². The third kappa shape index (κ3) is 5.65. The zero-order valence-electron chi connectivity index (χ0n) is 16.7. The largest absolute Gasteiger partial charge is 0.481 e. The van der Waals surface area contributed by atoms with Crippen LogP contribution in [-0.4, -0.2) is 35.5 Å². The van der Waals surface area contributed by atoms with E-state index in [1.54, 1.807) is 18.3 Å². The lowest BCUT2D eigenvalue weighted by molar-refractivity contribution is 0.348. The number of anilines is 1. The summed E-state index contributed by atoms with van der Waals surface area (Å²) in [6.45, 7) is 1.95. The van der Waals surface area contributed by atoms with Crippen LogP contribution in [0.2, 0.25) is 0 Å². The van der Waals surface area contributed by atoms with Gasteiger partial charge < -0.3 is 19.5 Å². The molecule has 0 saturated carbocycles. The number of benzene rings is 2. The van der Waals surface area contributed by atoms with Gasteiger partial charge in [0.25, 0.3) is 0 Å². The monoisotopic (exact) mass is 423 g/mol. The highest BCUT2D eigenvalue weighted by atomic mass is 32.1. The molecule has 0 aliphatic carbocycles. The Labute approximate surface area is 179 Å². The van der Waals surface area contributed by atoms with Gasteiger partial charge in [-0.05, 0) is 42.9 Å². The van der Waals surface area contributed by atoms with Crippen LogP contribution in [0.4, 0.5) is 5.69 Å². The van der Waals surface area contributed by atoms with Crippen molar-refractivity contribution in [2.24, 2.45) is 5.10 Å². The maximum absolute atomic E-state index is 5.88. The predicted octanol–water partition coefficient (Wildman–Crippen LogP) is 3.92. The number of nitrogens with zero attached hydrogens (tertiary/aromatic N) is 3. The first-order valence-electron chi connectivity index (χ1n) is 8.98. The Kier molecular flexibility index (Phi) is 7.12. The lowest BCUT2D eigenvalue weighted by Crippen LogP contribution is -2.23. The first kappa shape index (κ1) is 21.0. The minimum absolute atomic E-state index is 0.0978. The summed E-state index contributed by atoms with van der Waals surface area (Å²) in [7, 11) is 3.02. The van der Waals surface area contributed by atoms with Crippen molar-refractivity contribution in [1.82, 2.24) is 15.4 Å². The fraction of sp³-hybridized carbons (Fsp3) is 0.143. The van der Waals surface area contributed by atoms with Gasteiger partial charge in [0.15, 0.2) is 5.11 Å². The van der Waals surface area contributed by atoms with E-state index in [-0.39, 0.29) is 6.01 Å². The van der Waals surface area contributed by atoms with Gasteiger partial charge in [0.05, 0.1) is 26.5 Å². The second kappa shape index (κ2) is 10.2. The van der Waals surface area contributed by atoms with E-state index in [0.717, 1.165) is 16.8 Å². The molecular formula is C21H21N5O3S. The van der Waals surface area contributed by atoms with Crippen molar-refractivity contribution in [1.29, 1.82) is 0 Å². The van der Waals surface area contributed by atoms with Crippen LogP contribution < -0.4 is 25.0 Å². The molecule has 0 spiro atoms. The van der Waals surface area contributed by atoms with Crippen molar-refractivity contribution >= 4 is 29.2 Å². The second-order valence-electron chi connectivity index (χ2n) is 6.01. The smallest absolute Gasteiger partial charge is 0.328 e. The minimum Gasteiger partial charge on any atom is -0.481 e. The lowest BCUT2D eigenvalue weighted by atomic mass is 10.1. The molecule has 3 rings (SSSR count). The van der Waals surface area contributed by atoms with Crippen LogP contribution in [0.25, 0.3) is 0 Å². The predicted molar refractivity (Wildman–Crippen MR) is 120 cm³/mol. The molecule has 3 aromatic rings. The van der Waals surface area contributed by atoms with Gasteiger partial charge in [-0.2, -0.15) is 15.1 Å². The third-order valence-electron chi connectivity index (χ3n) is 3.95. The number of hydrogen-bond donors (Lipinski definition) is 2. The first-order valence-corrected chi connectivity index (χ1v) is 9.39. The lowest BCUT2D eigenvalue weighted by Gasteiger charge is -2.11. The average molecular weight is 423 g/mol. The van der Waals surface area contributed by atoms with Crippen LogP contribution in [-0.2, 0) is 0 Å². The fourth-order valence-electron chi connectivity index (χ4n) is 2.48. The molecule has 0 aliphatic rings. The highest BCUT2D eigenvalue weighted by Crippen LogP contribution is 2.27. The summed E-state index contributed by atoms with van der Waals surface area (Å²) < 4.78 is 16.2. The molecule has 30 heavy (non-hydrogen) atoms.